The molecule has 1 saturated heterocycles. The number of hydrogen-bond donors (Lipinski definition) is 0. The van der Waals surface area contributed by atoms with Crippen molar-refractivity contribution in [2.45, 2.75) is 45.3 Å². The molecule has 0 bridgehead atoms. The summed E-state index contributed by atoms with van der Waals surface area (Å²) in [5, 5.41) is 0. The molecule has 2 rings (SSSR count). The summed E-state index contributed by atoms with van der Waals surface area (Å²) in [4.78, 5) is 22.2. The van der Waals surface area contributed by atoms with E-state index in [9.17, 15) is 4.79 Å². The number of likely N-dealkylation sites (tertiary alicyclic amines) is 1. The number of amides is 1. The molecule has 1 amide bonds. The van der Waals surface area contributed by atoms with Gasteiger partial charge >= 0.3 is 6.09 Å². The third kappa shape index (κ3) is 2.97. The van der Waals surface area contributed by atoms with Crippen LogP contribution in [0.4, 0.5) is 4.79 Å². The summed E-state index contributed by atoms with van der Waals surface area (Å²) in [6, 6.07) is -0.00597. The van der Waals surface area contributed by atoms with E-state index in [4.69, 9.17) is 4.74 Å². The Labute approximate surface area is 107 Å². The molecule has 0 N–H and O–H groups in total. The highest BCUT2D eigenvalue weighted by atomic mass is 16.6. The Balaban J connectivity index is 2.11. The first-order valence-corrected chi connectivity index (χ1v) is 6.23. The molecule has 1 aromatic rings. The van der Waals surface area contributed by atoms with Crippen molar-refractivity contribution in [2.24, 2.45) is 0 Å². The second-order valence-corrected chi connectivity index (χ2v) is 5.46. The van der Waals surface area contributed by atoms with Gasteiger partial charge in [0.05, 0.1) is 17.9 Å². The summed E-state index contributed by atoms with van der Waals surface area (Å²) in [7, 11) is 0. The number of rotatable bonds is 1. The van der Waals surface area contributed by atoms with Crippen LogP contribution in [0.2, 0.25) is 0 Å². The third-order valence-corrected chi connectivity index (χ3v) is 2.81. The van der Waals surface area contributed by atoms with Crippen LogP contribution in [0, 0.1) is 0 Å². The van der Waals surface area contributed by atoms with Crippen LogP contribution in [0.15, 0.2) is 18.6 Å². The van der Waals surface area contributed by atoms with E-state index in [1.807, 2.05) is 20.8 Å². The fourth-order valence-electron chi connectivity index (χ4n) is 2.10. The molecule has 98 valence electrons. The van der Waals surface area contributed by atoms with Gasteiger partial charge in [-0.1, -0.05) is 0 Å². The lowest BCUT2D eigenvalue weighted by Crippen LogP contribution is -2.36. The molecule has 1 aliphatic heterocycles. The Kier molecular flexibility index (Phi) is 3.50. The largest absolute Gasteiger partial charge is 0.444 e. The van der Waals surface area contributed by atoms with Crippen molar-refractivity contribution in [2.75, 3.05) is 6.54 Å². The molecule has 0 aromatic carbocycles. The number of carbonyl (C=O) groups is 1. The number of carbonyl (C=O) groups excluding carboxylic acids is 1. The summed E-state index contributed by atoms with van der Waals surface area (Å²) in [5.41, 5.74) is 0.368. The summed E-state index contributed by atoms with van der Waals surface area (Å²) in [5.74, 6) is 0. The van der Waals surface area contributed by atoms with E-state index >= 15 is 0 Å². The van der Waals surface area contributed by atoms with E-state index < -0.39 is 5.60 Å². The Bertz CT molecular complexity index is 414. The van der Waals surface area contributed by atoms with E-state index in [1.165, 1.54) is 0 Å². The second-order valence-electron chi connectivity index (χ2n) is 5.46. The topological polar surface area (TPSA) is 55.3 Å². The monoisotopic (exact) mass is 249 g/mol. The highest BCUT2D eigenvalue weighted by Crippen LogP contribution is 2.31. The summed E-state index contributed by atoms with van der Waals surface area (Å²) in [6.45, 7) is 6.34. The number of hydrogen-bond acceptors (Lipinski definition) is 4. The van der Waals surface area contributed by atoms with Crippen LogP contribution in [-0.2, 0) is 4.74 Å². The fraction of sp³-hybridized carbons (Fsp3) is 0.615. The van der Waals surface area contributed by atoms with Gasteiger partial charge in [-0.05, 0) is 33.6 Å². The van der Waals surface area contributed by atoms with Gasteiger partial charge in [0.15, 0.2) is 0 Å². The predicted molar refractivity (Wildman–Crippen MR) is 66.9 cm³/mol. The molecule has 0 saturated carbocycles. The molecule has 1 atom stereocenters. The smallest absolute Gasteiger partial charge is 0.410 e. The molecule has 1 aromatic heterocycles. The van der Waals surface area contributed by atoms with Crippen LogP contribution >= 0.6 is 0 Å². The Morgan fingerprint density at radius 1 is 1.44 bits per heavy atom. The Morgan fingerprint density at radius 2 is 2.22 bits per heavy atom. The minimum Gasteiger partial charge on any atom is -0.444 e. The quantitative estimate of drug-likeness (QED) is 0.767. The first-order valence-electron chi connectivity index (χ1n) is 6.23. The molecule has 18 heavy (non-hydrogen) atoms. The third-order valence-electron chi connectivity index (χ3n) is 2.81. The van der Waals surface area contributed by atoms with Gasteiger partial charge in [-0.15, -0.1) is 0 Å². The van der Waals surface area contributed by atoms with E-state index in [0.29, 0.717) is 0 Å². The molecule has 0 radical (unpaired) electrons. The van der Waals surface area contributed by atoms with Crippen molar-refractivity contribution >= 4 is 6.09 Å². The van der Waals surface area contributed by atoms with Crippen LogP contribution in [0.1, 0.15) is 45.3 Å². The minimum atomic E-state index is -0.466. The zero-order valence-corrected chi connectivity index (χ0v) is 11.1. The van der Waals surface area contributed by atoms with Crippen molar-refractivity contribution in [1.82, 2.24) is 14.9 Å². The molecule has 1 aliphatic rings. The second kappa shape index (κ2) is 4.92. The van der Waals surface area contributed by atoms with Crippen molar-refractivity contribution in [3.05, 3.63) is 24.3 Å². The molecular formula is C13H19N3O2. The predicted octanol–water partition coefficient (Wildman–Crippen LogP) is 2.55. The maximum absolute atomic E-state index is 12.1. The van der Waals surface area contributed by atoms with Gasteiger partial charge in [0.25, 0.3) is 0 Å². The normalized spacial score (nSPS) is 19.9. The van der Waals surface area contributed by atoms with Crippen molar-refractivity contribution in [1.29, 1.82) is 0 Å². The summed E-state index contributed by atoms with van der Waals surface area (Å²) < 4.78 is 5.41. The van der Waals surface area contributed by atoms with Crippen LogP contribution in [0.25, 0.3) is 0 Å². The zero-order valence-electron chi connectivity index (χ0n) is 11.1. The van der Waals surface area contributed by atoms with Gasteiger partial charge in [0, 0.05) is 18.9 Å². The molecule has 0 spiro atoms. The molecular weight excluding hydrogens is 230 g/mol. The highest BCUT2D eigenvalue weighted by Gasteiger charge is 2.33. The van der Waals surface area contributed by atoms with Crippen molar-refractivity contribution in [3.63, 3.8) is 0 Å². The summed E-state index contributed by atoms with van der Waals surface area (Å²) in [6.07, 6.45) is 6.62. The first kappa shape index (κ1) is 12.8. The molecule has 0 aliphatic carbocycles. The van der Waals surface area contributed by atoms with Crippen molar-refractivity contribution in [3.8, 4) is 0 Å². The SMILES string of the molecule is CC(C)(C)OC(=O)N1CCCC1c1cnccn1. The average Bonchev–Trinajstić information content (AvgIpc) is 2.76. The van der Waals surface area contributed by atoms with E-state index in [1.54, 1.807) is 23.5 Å². The maximum atomic E-state index is 12.1. The van der Waals surface area contributed by atoms with Gasteiger partial charge in [-0.2, -0.15) is 0 Å². The Morgan fingerprint density at radius 3 is 2.83 bits per heavy atom. The summed E-state index contributed by atoms with van der Waals surface area (Å²) >= 11 is 0. The number of ether oxygens (including phenoxy) is 1. The minimum absolute atomic E-state index is 0.00597. The van der Waals surface area contributed by atoms with Gasteiger partial charge in [-0.3, -0.25) is 14.9 Å². The highest BCUT2D eigenvalue weighted by molar-refractivity contribution is 5.69. The molecule has 5 heteroatoms. The van der Waals surface area contributed by atoms with E-state index in [0.717, 1.165) is 25.1 Å². The van der Waals surface area contributed by atoms with Crippen LogP contribution in [0.5, 0.6) is 0 Å². The van der Waals surface area contributed by atoms with Gasteiger partial charge in [-0.25, -0.2) is 4.79 Å². The van der Waals surface area contributed by atoms with Crippen molar-refractivity contribution < 1.29 is 9.53 Å². The van der Waals surface area contributed by atoms with E-state index in [2.05, 4.69) is 9.97 Å². The van der Waals surface area contributed by atoms with Crippen LogP contribution < -0.4 is 0 Å². The molecule has 1 fully saturated rings. The lowest BCUT2D eigenvalue weighted by atomic mass is 10.1. The average molecular weight is 249 g/mol. The fourth-order valence-corrected chi connectivity index (χ4v) is 2.10. The van der Waals surface area contributed by atoms with Gasteiger partial charge in [0.2, 0.25) is 0 Å². The Hall–Kier alpha value is -1.65. The lowest BCUT2D eigenvalue weighted by molar-refractivity contribution is 0.0221. The van der Waals surface area contributed by atoms with Crippen LogP contribution in [-0.4, -0.2) is 33.1 Å². The molecule has 5 nitrogen and oxygen atoms in total. The molecule has 2 heterocycles. The van der Waals surface area contributed by atoms with Gasteiger partial charge < -0.3 is 4.74 Å². The van der Waals surface area contributed by atoms with Gasteiger partial charge in [0.1, 0.15) is 5.60 Å². The maximum Gasteiger partial charge on any atom is 0.410 e. The first-order chi connectivity index (χ1) is 8.47. The number of nitrogens with zero attached hydrogens (tertiary/aromatic N) is 3. The number of aromatic nitrogens is 2. The van der Waals surface area contributed by atoms with E-state index in [-0.39, 0.29) is 12.1 Å². The lowest BCUT2D eigenvalue weighted by Gasteiger charge is -2.28. The standard InChI is InChI=1S/C13H19N3O2/c1-13(2,3)18-12(17)16-8-4-5-11(16)10-9-14-6-7-15-10/h6-7,9,11H,4-5,8H2,1-3H3. The zero-order chi connectivity index (χ0) is 13.2. The molecule has 1 unspecified atom stereocenters. The van der Waals surface area contributed by atoms with Crippen LogP contribution in [0.3, 0.4) is 0 Å².